The first-order valence-electron chi connectivity index (χ1n) is 11.0. The number of aromatic amines is 1. The van der Waals surface area contributed by atoms with E-state index in [1.165, 1.54) is 0 Å². The molecule has 2 aromatic heterocycles. The van der Waals surface area contributed by atoms with Gasteiger partial charge in [0.15, 0.2) is 0 Å². The maximum atomic E-state index is 12.9. The zero-order valence-electron chi connectivity index (χ0n) is 18.6. The van der Waals surface area contributed by atoms with Gasteiger partial charge >= 0.3 is 0 Å². The van der Waals surface area contributed by atoms with E-state index >= 15 is 0 Å². The molecule has 0 saturated heterocycles. The molecule has 0 unspecified atom stereocenters. The molecule has 0 fully saturated rings. The lowest BCUT2D eigenvalue weighted by atomic mass is 10.2. The summed E-state index contributed by atoms with van der Waals surface area (Å²) in [4.78, 5) is 19.1. The molecule has 7 heteroatoms. The third-order valence-electron chi connectivity index (χ3n) is 5.37. The van der Waals surface area contributed by atoms with Crippen LogP contribution in [0.2, 0.25) is 5.02 Å². The first-order valence-corrected chi connectivity index (χ1v) is 12.2. The molecule has 35 heavy (non-hydrogen) atoms. The van der Waals surface area contributed by atoms with Gasteiger partial charge < -0.3 is 5.32 Å². The lowest BCUT2D eigenvalue weighted by Crippen LogP contribution is -2.23. The van der Waals surface area contributed by atoms with Crippen LogP contribution in [-0.4, -0.2) is 21.1 Å². The highest BCUT2D eigenvalue weighted by atomic mass is 35.5. The van der Waals surface area contributed by atoms with Crippen molar-refractivity contribution >= 4 is 52.3 Å². The number of nitrogens with zero attached hydrogens (tertiary/aromatic N) is 2. The van der Waals surface area contributed by atoms with Crippen molar-refractivity contribution in [1.29, 1.82) is 0 Å². The van der Waals surface area contributed by atoms with Crippen LogP contribution in [0, 0.1) is 0 Å². The lowest BCUT2D eigenvalue weighted by molar-refractivity contribution is 0.0948. The molecular formula is C28H21ClN4OS. The van der Waals surface area contributed by atoms with E-state index in [2.05, 4.69) is 20.5 Å². The van der Waals surface area contributed by atoms with Crippen LogP contribution in [-0.2, 0) is 6.54 Å². The van der Waals surface area contributed by atoms with Gasteiger partial charge in [0.05, 0.1) is 22.5 Å². The maximum Gasteiger partial charge on any atom is 0.252 e. The number of aromatic nitrogens is 3. The highest BCUT2D eigenvalue weighted by Crippen LogP contribution is 2.33. The van der Waals surface area contributed by atoms with Gasteiger partial charge in [0.25, 0.3) is 5.91 Å². The van der Waals surface area contributed by atoms with Crippen molar-refractivity contribution in [3.63, 3.8) is 0 Å². The molecule has 0 atom stereocenters. The predicted molar refractivity (Wildman–Crippen MR) is 142 cm³/mol. The van der Waals surface area contributed by atoms with Gasteiger partial charge in [0, 0.05) is 32.9 Å². The summed E-state index contributed by atoms with van der Waals surface area (Å²) >= 11 is 7.59. The zero-order chi connectivity index (χ0) is 24.0. The first kappa shape index (κ1) is 22.9. The Morgan fingerprint density at radius 2 is 1.86 bits per heavy atom. The van der Waals surface area contributed by atoms with Gasteiger partial charge in [0.2, 0.25) is 0 Å². The van der Waals surface area contributed by atoms with Gasteiger partial charge in [-0.25, -0.2) is 0 Å². The van der Waals surface area contributed by atoms with E-state index in [-0.39, 0.29) is 5.91 Å². The summed E-state index contributed by atoms with van der Waals surface area (Å²) in [6.45, 7) is 0.410. The standard InChI is InChI=1S/C28H21ClN4OS/c29-20-7-5-6-19(16-20)18-31-28(34)24-9-1-2-10-27(24)35-22-12-13-23-25(32-33-26(23)17-22)14-11-21-8-3-4-15-30-21/h1-17H,18H2,(H,31,34)(H,32,33)/b14-11+. The van der Waals surface area contributed by atoms with Crippen LogP contribution >= 0.6 is 23.4 Å². The Hall–Kier alpha value is -3.87. The number of hydrogen-bond acceptors (Lipinski definition) is 4. The summed E-state index contributed by atoms with van der Waals surface area (Å²) in [6.07, 6.45) is 5.66. The number of H-pyrrole nitrogens is 1. The van der Waals surface area contributed by atoms with Crippen molar-refractivity contribution in [2.45, 2.75) is 16.3 Å². The van der Waals surface area contributed by atoms with Gasteiger partial charge in [-0.3, -0.25) is 14.9 Å². The zero-order valence-corrected chi connectivity index (χ0v) is 20.2. The fourth-order valence-corrected chi connectivity index (χ4v) is 4.84. The molecule has 0 aliphatic carbocycles. The maximum absolute atomic E-state index is 12.9. The van der Waals surface area contributed by atoms with Gasteiger partial charge in [-0.2, -0.15) is 5.10 Å². The number of rotatable bonds is 7. The topological polar surface area (TPSA) is 70.7 Å². The minimum Gasteiger partial charge on any atom is -0.348 e. The number of carbonyl (C=O) groups is 1. The van der Waals surface area contributed by atoms with E-state index < -0.39 is 0 Å². The average molecular weight is 497 g/mol. The molecule has 0 saturated carbocycles. The third kappa shape index (κ3) is 5.62. The minimum atomic E-state index is -0.127. The lowest BCUT2D eigenvalue weighted by Gasteiger charge is -2.10. The smallest absolute Gasteiger partial charge is 0.252 e. The minimum absolute atomic E-state index is 0.127. The number of pyridine rings is 1. The summed E-state index contributed by atoms with van der Waals surface area (Å²) in [5, 5.41) is 12.2. The van der Waals surface area contributed by atoms with E-state index in [0.29, 0.717) is 17.1 Å². The molecular weight excluding hydrogens is 476 g/mol. The molecule has 0 bridgehead atoms. The Morgan fingerprint density at radius 1 is 0.971 bits per heavy atom. The number of carbonyl (C=O) groups excluding carboxylic acids is 1. The second-order valence-electron chi connectivity index (χ2n) is 7.81. The second-order valence-corrected chi connectivity index (χ2v) is 9.37. The van der Waals surface area contributed by atoms with Crippen LogP contribution in [0.3, 0.4) is 0 Å². The molecule has 0 radical (unpaired) electrons. The molecule has 5 aromatic rings. The Bertz CT molecular complexity index is 1510. The van der Waals surface area contributed by atoms with Crippen LogP contribution < -0.4 is 5.32 Å². The molecule has 2 heterocycles. The fourth-order valence-electron chi connectivity index (χ4n) is 3.64. The van der Waals surface area contributed by atoms with Crippen molar-refractivity contribution in [3.05, 3.63) is 119 Å². The van der Waals surface area contributed by atoms with E-state index in [0.717, 1.165) is 37.6 Å². The number of fused-ring (bicyclic) bond motifs is 1. The Morgan fingerprint density at radius 3 is 2.71 bits per heavy atom. The fraction of sp³-hybridized carbons (Fsp3) is 0.0357. The van der Waals surface area contributed by atoms with E-state index in [9.17, 15) is 4.79 Å². The van der Waals surface area contributed by atoms with Gasteiger partial charge in [-0.1, -0.05) is 53.7 Å². The molecule has 0 aliphatic heterocycles. The van der Waals surface area contributed by atoms with Crippen molar-refractivity contribution in [1.82, 2.24) is 20.5 Å². The summed E-state index contributed by atoms with van der Waals surface area (Å²) in [6, 6.07) is 27.0. The number of nitrogens with one attached hydrogen (secondary N) is 2. The average Bonchev–Trinajstić information content (AvgIpc) is 3.29. The van der Waals surface area contributed by atoms with Crippen molar-refractivity contribution in [2.24, 2.45) is 0 Å². The van der Waals surface area contributed by atoms with Crippen LogP contribution in [0.4, 0.5) is 0 Å². The molecule has 3 aromatic carbocycles. The molecule has 172 valence electrons. The monoisotopic (exact) mass is 496 g/mol. The molecule has 2 N–H and O–H groups in total. The summed E-state index contributed by atoms with van der Waals surface area (Å²) in [5.41, 5.74) is 4.24. The SMILES string of the molecule is O=C(NCc1cccc(Cl)c1)c1ccccc1Sc1ccc2c(/C=C/c3ccccn3)n[nH]c2c1. The third-order valence-corrected chi connectivity index (χ3v) is 6.67. The van der Waals surface area contributed by atoms with Gasteiger partial charge in [0.1, 0.15) is 0 Å². The van der Waals surface area contributed by atoms with E-state index in [1.54, 1.807) is 18.0 Å². The first-order chi connectivity index (χ1) is 17.2. The Balaban J connectivity index is 1.32. The Kier molecular flexibility index (Phi) is 6.93. The van der Waals surface area contributed by atoms with E-state index in [4.69, 9.17) is 11.6 Å². The molecule has 1 amide bonds. The Labute approximate surface area is 212 Å². The van der Waals surface area contributed by atoms with Gasteiger partial charge in [-0.05, 0) is 72.3 Å². The van der Waals surface area contributed by atoms with Gasteiger partial charge in [-0.15, -0.1) is 0 Å². The van der Waals surface area contributed by atoms with Crippen LogP contribution in [0.15, 0.2) is 101 Å². The summed E-state index contributed by atoms with van der Waals surface area (Å²) in [5.74, 6) is -0.127. The van der Waals surface area contributed by atoms with Crippen LogP contribution in [0.5, 0.6) is 0 Å². The molecule has 0 aliphatic rings. The number of halogens is 1. The van der Waals surface area contributed by atoms with Crippen LogP contribution in [0.25, 0.3) is 23.1 Å². The molecule has 0 spiro atoms. The number of hydrogen-bond donors (Lipinski definition) is 2. The molecule has 5 rings (SSSR count). The normalized spacial score (nSPS) is 11.2. The predicted octanol–water partition coefficient (Wildman–Crippen LogP) is 6.86. The highest BCUT2D eigenvalue weighted by Gasteiger charge is 2.13. The molecule has 5 nitrogen and oxygen atoms in total. The van der Waals surface area contributed by atoms with Crippen molar-refractivity contribution in [2.75, 3.05) is 0 Å². The van der Waals surface area contributed by atoms with Crippen molar-refractivity contribution < 1.29 is 4.79 Å². The summed E-state index contributed by atoms with van der Waals surface area (Å²) in [7, 11) is 0. The number of amides is 1. The van der Waals surface area contributed by atoms with Crippen molar-refractivity contribution in [3.8, 4) is 0 Å². The van der Waals surface area contributed by atoms with E-state index in [1.807, 2.05) is 97.1 Å². The quantitative estimate of drug-likeness (QED) is 0.258. The highest BCUT2D eigenvalue weighted by molar-refractivity contribution is 7.99. The number of benzene rings is 3. The summed E-state index contributed by atoms with van der Waals surface area (Å²) < 4.78 is 0. The largest absolute Gasteiger partial charge is 0.348 e. The second kappa shape index (κ2) is 10.6. The van der Waals surface area contributed by atoms with Crippen LogP contribution in [0.1, 0.15) is 27.3 Å².